The Bertz CT molecular complexity index is 683. The average molecular weight is 331 g/mol. The Morgan fingerprint density at radius 1 is 1.38 bits per heavy atom. The third-order valence-corrected chi connectivity index (χ3v) is 3.91. The van der Waals surface area contributed by atoms with Gasteiger partial charge in [0, 0.05) is 18.4 Å². The Kier molecular flexibility index (Phi) is 5.00. The van der Waals surface area contributed by atoms with Gasteiger partial charge in [0.2, 0.25) is 0 Å². The normalized spacial score (nSPS) is 17.6. The number of benzene rings is 1. The van der Waals surface area contributed by atoms with Gasteiger partial charge < -0.3 is 24.1 Å². The van der Waals surface area contributed by atoms with E-state index in [2.05, 4.69) is 9.97 Å². The minimum Gasteiger partial charge on any atom is -0.497 e. The molecule has 1 amide bonds. The number of hydrogen-bond donors (Lipinski definition) is 1. The topological polar surface area (TPSA) is 76.7 Å². The van der Waals surface area contributed by atoms with Crippen molar-refractivity contribution in [1.29, 1.82) is 0 Å². The van der Waals surface area contributed by atoms with E-state index in [-0.39, 0.29) is 18.6 Å². The van der Waals surface area contributed by atoms with Gasteiger partial charge in [0.05, 0.1) is 20.3 Å². The molecule has 1 atom stereocenters. The van der Waals surface area contributed by atoms with Gasteiger partial charge in [-0.25, -0.2) is 4.98 Å². The van der Waals surface area contributed by atoms with E-state index in [0.717, 1.165) is 17.3 Å². The third-order valence-electron chi connectivity index (χ3n) is 3.91. The van der Waals surface area contributed by atoms with Crippen molar-refractivity contribution in [3.63, 3.8) is 0 Å². The largest absolute Gasteiger partial charge is 0.497 e. The zero-order valence-corrected chi connectivity index (χ0v) is 13.8. The van der Waals surface area contributed by atoms with Crippen LogP contribution in [0.2, 0.25) is 0 Å². The van der Waals surface area contributed by atoms with E-state index in [1.165, 1.54) is 0 Å². The molecule has 3 rings (SSSR count). The molecule has 0 unspecified atom stereocenters. The van der Waals surface area contributed by atoms with Crippen LogP contribution >= 0.6 is 0 Å². The standard InChI is InChI=1S/C17H21N3O4/c1-12-9-18-17(19-12)15-10-23-8-7-20(15)16(21)11-24-14-5-3-13(22-2)4-6-14/h3-6,9,15H,7-8,10-11H2,1-2H3,(H,18,19)/t15-/m1/s1. The monoisotopic (exact) mass is 331 g/mol. The van der Waals surface area contributed by atoms with Crippen LogP contribution in [-0.2, 0) is 9.53 Å². The van der Waals surface area contributed by atoms with Gasteiger partial charge in [-0.3, -0.25) is 4.79 Å². The van der Waals surface area contributed by atoms with Crippen molar-refractivity contribution >= 4 is 5.91 Å². The Hall–Kier alpha value is -2.54. The molecule has 0 spiro atoms. The van der Waals surface area contributed by atoms with Crippen LogP contribution < -0.4 is 9.47 Å². The van der Waals surface area contributed by atoms with Crippen LogP contribution in [0.3, 0.4) is 0 Å². The number of ether oxygens (including phenoxy) is 3. The summed E-state index contributed by atoms with van der Waals surface area (Å²) in [5, 5.41) is 0. The zero-order valence-electron chi connectivity index (χ0n) is 13.8. The minimum absolute atomic E-state index is 0.0253. The van der Waals surface area contributed by atoms with E-state index in [1.54, 1.807) is 42.5 Å². The van der Waals surface area contributed by atoms with Crippen molar-refractivity contribution in [3.8, 4) is 11.5 Å². The predicted molar refractivity (Wildman–Crippen MR) is 87.1 cm³/mol. The lowest BCUT2D eigenvalue weighted by molar-refractivity contribution is -0.142. The SMILES string of the molecule is COc1ccc(OCC(=O)N2CCOC[C@@H]2c2ncc(C)[nH]2)cc1. The van der Waals surface area contributed by atoms with Crippen molar-refractivity contribution < 1.29 is 19.0 Å². The second-order valence-corrected chi connectivity index (χ2v) is 5.59. The van der Waals surface area contributed by atoms with Crippen molar-refractivity contribution in [2.45, 2.75) is 13.0 Å². The van der Waals surface area contributed by atoms with Crippen LogP contribution in [0.25, 0.3) is 0 Å². The van der Waals surface area contributed by atoms with Crippen LogP contribution in [0.5, 0.6) is 11.5 Å². The Labute approximate surface area is 140 Å². The third kappa shape index (κ3) is 3.68. The Balaban J connectivity index is 1.63. The highest BCUT2D eigenvalue weighted by Gasteiger charge is 2.30. The van der Waals surface area contributed by atoms with Crippen molar-refractivity contribution in [2.24, 2.45) is 0 Å². The summed E-state index contributed by atoms with van der Waals surface area (Å²) in [4.78, 5) is 21.8. The predicted octanol–water partition coefficient (Wildman–Crippen LogP) is 1.71. The summed E-state index contributed by atoms with van der Waals surface area (Å²) >= 11 is 0. The quantitative estimate of drug-likeness (QED) is 0.902. The lowest BCUT2D eigenvalue weighted by Gasteiger charge is -2.34. The lowest BCUT2D eigenvalue weighted by atomic mass is 10.2. The van der Waals surface area contributed by atoms with Crippen molar-refractivity contribution in [2.75, 3.05) is 33.5 Å². The highest BCUT2D eigenvalue weighted by molar-refractivity contribution is 5.78. The van der Waals surface area contributed by atoms with Gasteiger partial charge in [0.25, 0.3) is 5.91 Å². The number of methoxy groups -OCH3 is 1. The van der Waals surface area contributed by atoms with Gasteiger partial charge in [-0.05, 0) is 31.2 Å². The number of carbonyl (C=O) groups is 1. The van der Waals surface area contributed by atoms with Crippen molar-refractivity contribution in [3.05, 3.63) is 42.0 Å². The van der Waals surface area contributed by atoms with Gasteiger partial charge >= 0.3 is 0 Å². The van der Waals surface area contributed by atoms with Gasteiger partial charge in [0.15, 0.2) is 6.61 Å². The first-order valence-corrected chi connectivity index (χ1v) is 7.83. The molecular weight excluding hydrogens is 310 g/mol. The van der Waals surface area contributed by atoms with Gasteiger partial charge in [-0.2, -0.15) is 0 Å². The second kappa shape index (κ2) is 7.35. The van der Waals surface area contributed by atoms with E-state index in [0.29, 0.717) is 25.5 Å². The summed E-state index contributed by atoms with van der Waals surface area (Å²) in [7, 11) is 1.61. The molecule has 1 aliphatic rings. The number of hydrogen-bond acceptors (Lipinski definition) is 5. The molecule has 2 heterocycles. The molecule has 2 aromatic rings. The Morgan fingerprint density at radius 2 is 2.12 bits per heavy atom. The molecule has 24 heavy (non-hydrogen) atoms. The fraction of sp³-hybridized carbons (Fsp3) is 0.412. The minimum atomic E-state index is -0.209. The molecule has 1 aromatic carbocycles. The van der Waals surface area contributed by atoms with Gasteiger partial charge in [-0.1, -0.05) is 0 Å². The number of amides is 1. The first-order chi connectivity index (χ1) is 11.7. The van der Waals surface area contributed by atoms with Crippen LogP contribution in [0.4, 0.5) is 0 Å². The van der Waals surface area contributed by atoms with E-state index in [4.69, 9.17) is 14.2 Å². The number of morpholine rings is 1. The van der Waals surface area contributed by atoms with E-state index in [9.17, 15) is 4.79 Å². The molecule has 1 aliphatic heterocycles. The van der Waals surface area contributed by atoms with Crippen LogP contribution in [-0.4, -0.2) is 54.3 Å². The van der Waals surface area contributed by atoms with E-state index >= 15 is 0 Å². The number of aromatic amines is 1. The van der Waals surface area contributed by atoms with Gasteiger partial charge in [-0.15, -0.1) is 0 Å². The van der Waals surface area contributed by atoms with Crippen LogP contribution in [0, 0.1) is 6.92 Å². The molecule has 1 fully saturated rings. The molecule has 1 N–H and O–H groups in total. The Morgan fingerprint density at radius 3 is 2.79 bits per heavy atom. The zero-order chi connectivity index (χ0) is 16.9. The highest BCUT2D eigenvalue weighted by Crippen LogP contribution is 2.23. The molecule has 7 heteroatoms. The fourth-order valence-corrected chi connectivity index (χ4v) is 2.63. The molecule has 7 nitrogen and oxygen atoms in total. The maximum absolute atomic E-state index is 12.6. The summed E-state index contributed by atoms with van der Waals surface area (Å²) in [6, 6.07) is 6.93. The summed E-state index contributed by atoms with van der Waals surface area (Å²) in [6.45, 7) is 3.38. The van der Waals surface area contributed by atoms with Crippen LogP contribution in [0.1, 0.15) is 17.6 Å². The number of nitrogens with one attached hydrogen (secondary N) is 1. The van der Waals surface area contributed by atoms with E-state index in [1.807, 2.05) is 6.92 Å². The van der Waals surface area contributed by atoms with E-state index < -0.39 is 0 Å². The maximum Gasteiger partial charge on any atom is 0.261 e. The number of rotatable bonds is 5. The molecule has 0 bridgehead atoms. The number of aryl methyl sites for hydroxylation is 1. The number of imidazole rings is 1. The summed E-state index contributed by atoms with van der Waals surface area (Å²) in [6.07, 6.45) is 1.75. The highest BCUT2D eigenvalue weighted by atomic mass is 16.5. The van der Waals surface area contributed by atoms with Gasteiger partial charge in [0.1, 0.15) is 23.4 Å². The summed E-state index contributed by atoms with van der Waals surface area (Å²) in [5.41, 5.74) is 0.956. The average Bonchev–Trinajstić information content (AvgIpc) is 3.06. The summed E-state index contributed by atoms with van der Waals surface area (Å²) < 4.78 is 16.2. The maximum atomic E-state index is 12.6. The van der Waals surface area contributed by atoms with Crippen LogP contribution in [0.15, 0.2) is 30.5 Å². The number of aromatic nitrogens is 2. The van der Waals surface area contributed by atoms with Crippen molar-refractivity contribution in [1.82, 2.24) is 14.9 Å². The molecule has 1 aromatic heterocycles. The summed E-state index contributed by atoms with van der Waals surface area (Å²) in [5.74, 6) is 2.02. The fourth-order valence-electron chi connectivity index (χ4n) is 2.63. The smallest absolute Gasteiger partial charge is 0.261 e. The first-order valence-electron chi connectivity index (χ1n) is 7.83. The molecule has 0 saturated carbocycles. The molecule has 0 aliphatic carbocycles. The second-order valence-electron chi connectivity index (χ2n) is 5.59. The molecule has 1 saturated heterocycles. The number of H-pyrrole nitrogens is 1. The number of carbonyl (C=O) groups excluding carboxylic acids is 1. The lowest BCUT2D eigenvalue weighted by Crippen LogP contribution is -2.45. The molecule has 0 radical (unpaired) electrons. The molecule has 128 valence electrons. The molecular formula is C17H21N3O4. The number of nitrogens with zero attached hydrogens (tertiary/aromatic N) is 2. The first kappa shape index (κ1) is 16.3.